The Bertz CT molecular complexity index is 1440. The number of para-hydroxylation sites is 1. The van der Waals surface area contributed by atoms with Gasteiger partial charge in [0.1, 0.15) is 23.5 Å². The minimum Gasteiger partial charge on any atom is -0.496 e. The summed E-state index contributed by atoms with van der Waals surface area (Å²) in [4.78, 5) is 44.7. The number of carbonyl (C=O) groups excluding carboxylic acids is 3. The summed E-state index contributed by atoms with van der Waals surface area (Å²) in [6.45, 7) is 4.02. The van der Waals surface area contributed by atoms with E-state index in [1.54, 1.807) is 13.2 Å². The fraction of sp³-hybridized carbons (Fsp3) is 0.357. The summed E-state index contributed by atoms with van der Waals surface area (Å²) in [5.74, 6) is -0.262. The SMILES string of the molecule is COc1cccc2[nH]c(C(=O)NC(CC(C)C)C(=O)N3C[C@]4(C[C@H]3C#N)C(=O)Nc3ccccc34)cc12. The molecule has 0 radical (unpaired) electrons. The van der Waals surface area contributed by atoms with Gasteiger partial charge in [-0.05, 0) is 42.2 Å². The van der Waals surface area contributed by atoms with E-state index in [1.807, 2.05) is 56.3 Å². The smallest absolute Gasteiger partial charge is 0.268 e. The molecule has 1 fully saturated rings. The van der Waals surface area contributed by atoms with Gasteiger partial charge in [-0.3, -0.25) is 14.4 Å². The fourth-order valence-electron chi connectivity index (χ4n) is 5.54. The Kier molecular flexibility index (Phi) is 6.12. The molecule has 3 aromatic rings. The summed E-state index contributed by atoms with van der Waals surface area (Å²) in [6, 6.07) is 15.1. The fourth-order valence-corrected chi connectivity index (χ4v) is 5.54. The van der Waals surface area contributed by atoms with Crippen LogP contribution in [-0.4, -0.2) is 53.3 Å². The number of anilines is 1. The molecular weight excluding hydrogens is 470 g/mol. The molecule has 1 unspecified atom stereocenters. The van der Waals surface area contributed by atoms with Gasteiger partial charge in [0.05, 0.1) is 18.6 Å². The van der Waals surface area contributed by atoms with E-state index in [0.717, 1.165) is 16.5 Å². The molecule has 0 bridgehead atoms. The summed E-state index contributed by atoms with van der Waals surface area (Å²) in [5, 5.41) is 16.5. The normalized spacial score (nSPS) is 21.1. The number of nitriles is 1. The van der Waals surface area contributed by atoms with Gasteiger partial charge in [-0.1, -0.05) is 38.1 Å². The summed E-state index contributed by atoms with van der Waals surface area (Å²) in [7, 11) is 1.57. The Balaban J connectivity index is 1.42. The Morgan fingerprint density at radius 1 is 1.24 bits per heavy atom. The molecule has 190 valence electrons. The number of rotatable bonds is 6. The number of aromatic amines is 1. The molecule has 9 nitrogen and oxygen atoms in total. The molecule has 2 aliphatic rings. The maximum atomic E-state index is 13.8. The molecule has 1 saturated heterocycles. The van der Waals surface area contributed by atoms with Gasteiger partial charge in [0, 0.05) is 29.6 Å². The van der Waals surface area contributed by atoms with Crippen molar-refractivity contribution in [1.82, 2.24) is 15.2 Å². The van der Waals surface area contributed by atoms with Crippen molar-refractivity contribution in [2.24, 2.45) is 5.92 Å². The lowest BCUT2D eigenvalue weighted by molar-refractivity contribution is -0.134. The van der Waals surface area contributed by atoms with Crippen LogP contribution in [-0.2, 0) is 15.0 Å². The number of amides is 3. The summed E-state index contributed by atoms with van der Waals surface area (Å²) < 4.78 is 5.39. The first-order chi connectivity index (χ1) is 17.8. The van der Waals surface area contributed by atoms with Crippen molar-refractivity contribution in [2.75, 3.05) is 19.0 Å². The van der Waals surface area contributed by atoms with E-state index in [9.17, 15) is 19.6 Å². The second kappa shape index (κ2) is 9.28. The molecule has 3 heterocycles. The van der Waals surface area contributed by atoms with Crippen molar-refractivity contribution < 1.29 is 19.1 Å². The number of likely N-dealkylation sites (tertiary alicyclic amines) is 1. The number of benzene rings is 2. The number of hydrogen-bond acceptors (Lipinski definition) is 5. The van der Waals surface area contributed by atoms with Crippen molar-refractivity contribution in [3.63, 3.8) is 0 Å². The average molecular weight is 500 g/mol. The highest BCUT2D eigenvalue weighted by atomic mass is 16.5. The Morgan fingerprint density at radius 3 is 2.76 bits per heavy atom. The van der Waals surface area contributed by atoms with Gasteiger partial charge < -0.3 is 25.3 Å². The molecule has 3 N–H and O–H groups in total. The van der Waals surface area contributed by atoms with Gasteiger partial charge in [0.15, 0.2) is 0 Å². The third-order valence-electron chi connectivity index (χ3n) is 7.32. The van der Waals surface area contributed by atoms with Gasteiger partial charge in [-0.15, -0.1) is 0 Å². The minimum absolute atomic E-state index is 0.0843. The van der Waals surface area contributed by atoms with Crippen LogP contribution in [0.3, 0.4) is 0 Å². The van der Waals surface area contributed by atoms with Crippen LogP contribution in [0.25, 0.3) is 10.9 Å². The van der Waals surface area contributed by atoms with E-state index < -0.39 is 23.4 Å². The van der Waals surface area contributed by atoms with Gasteiger partial charge in [0.2, 0.25) is 11.8 Å². The quantitative estimate of drug-likeness (QED) is 0.479. The highest BCUT2D eigenvalue weighted by Crippen LogP contribution is 2.46. The van der Waals surface area contributed by atoms with E-state index in [4.69, 9.17) is 4.74 Å². The maximum absolute atomic E-state index is 13.8. The van der Waals surface area contributed by atoms with Crippen LogP contribution in [0.2, 0.25) is 0 Å². The lowest BCUT2D eigenvalue weighted by atomic mass is 9.80. The van der Waals surface area contributed by atoms with Gasteiger partial charge in [-0.25, -0.2) is 0 Å². The first kappa shape index (κ1) is 24.4. The topological polar surface area (TPSA) is 127 Å². The summed E-state index contributed by atoms with van der Waals surface area (Å²) in [6.07, 6.45) is 0.598. The maximum Gasteiger partial charge on any atom is 0.268 e. The number of aromatic nitrogens is 1. The van der Waals surface area contributed by atoms with Crippen molar-refractivity contribution in [3.05, 3.63) is 59.8 Å². The van der Waals surface area contributed by atoms with Crippen LogP contribution in [0.5, 0.6) is 5.75 Å². The molecule has 0 aliphatic carbocycles. The first-order valence-electron chi connectivity index (χ1n) is 12.3. The number of nitrogens with zero attached hydrogens (tertiary/aromatic N) is 2. The molecule has 37 heavy (non-hydrogen) atoms. The van der Waals surface area contributed by atoms with Crippen LogP contribution in [0.4, 0.5) is 5.69 Å². The second-order valence-electron chi connectivity index (χ2n) is 10.2. The number of fused-ring (bicyclic) bond motifs is 3. The molecule has 5 rings (SSSR count). The number of hydrogen-bond donors (Lipinski definition) is 3. The van der Waals surface area contributed by atoms with Gasteiger partial charge in [0.25, 0.3) is 5.91 Å². The Hall–Kier alpha value is -4.32. The van der Waals surface area contributed by atoms with Crippen LogP contribution in [0, 0.1) is 17.2 Å². The zero-order valence-corrected chi connectivity index (χ0v) is 21.0. The van der Waals surface area contributed by atoms with E-state index >= 15 is 0 Å². The zero-order chi connectivity index (χ0) is 26.3. The largest absolute Gasteiger partial charge is 0.496 e. The highest BCUT2D eigenvalue weighted by molar-refractivity contribution is 6.07. The molecule has 1 aromatic heterocycles. The van der Waals surface area contributed by atoms with E-state index in [1.165, 1.54) is 4.90 Å². The van der Waals surface area contributed by atoms with Crippen LogP contribution in [0.15, 0.2) is 48.5 Å². The minimum atomic E-state index is -0.979. The van der Waals surface area contributed by atoms with Crippen molar-refractivity contribution in [1.29, 1.82) is 5.26 Å². The highest BCUT2D eigenvalue weighted by Gasteiger charge is 2.56. The van der Waals surface area contributed by atoms with E-state index in [0.29, 0.717) is 23.6 Å². The summed E-state index contributed by atoms with van der Waals surface area (Å²) in [5.41, 5.74) is 1.58. The van der Waals surface area contributed by atoms with Crippen molar-refractivity contribution in [3.8, 4) is 11.8 Å². The number of nitrogens with one attached hydrogen (secondary N) is 3. The average Bonchev–Trinajstić information content (AvgIpc) is 3.57. The van der Waals surface area contributed by atoms with Crippen LogP contribution >= 0.6 is 0 Å². The molecule has 2 aliphatic heterocycles. The Labute approximate surface area is 214 Å². The first-order valence-corrected chi connectivity index (χ1v) is 12.3. The van der Waals surface area contributed by atoms with Gasteiger partial charge >= 0.3 is 0 Å². The van der Waals surface area contributed by atoms with Gasteiger partial charge in [-0.2, -0.15) is 5.26 Å². The predicted octanol–water partition coefficient (Wildman–Crippen LogP) is 3.34. The molecule has 3 atom stereocenters. The lowest BCUT2D eigenvalue weighted by Crippen LogP contribution is -2.51. The number of carbonyl (C=O) groups is 3. The molecule has 3 amide bonds. The third-order valence-corrected chi connectivity index (χ3v) is 7.32. The Morgan fingerprint density at radius 2 is 2.03 bits per heavy atom. The predicted molar refractivity (Wildman–Crippen MR) is 138 cm³/mol. The molecule has 9 heteroatoms. The van der Waals surface area contributed by atoms with Crippen molar-refractivity contribution >= 4 is 34.3 Å². The van der Waals surface area contributed by atoms with Crippen LogP contribution in [0.1, 0.15) is 42.7 Å². The third kappa shape index (κ3) is 4.08. The number of methoxy groups -OCH3 is 1. The summed E-state index contributed by atoms with van der Waals surface area (Å²) >= 11 is 0. The molecule has 0 saturated carbocycles. The number of ether oxygens (including phenoxy) is 1. The van der Waals surface area contributed by atoms with Crippen molar-refractivity contribution in [2.45, 2.75) is 44.2 Å². The lowest BCUT2D eigenvalue weighted by Gasteiger charge is -2.28. The van der Waals surface area contributed by atoms with E-state index in [2.05, 4.69) is 21.7 Å². The standard InChI is InChI=1S/C28H29N5O4/c1-16(2)11-23(31-25(34)22-12-18-20(30-22)9-6-10-24(18)37-3)26(35)33-15-28(13-17(33)14-29)19-7-4-5-8-21(19)32-27(28)36/h4-10,12,16-17,23,30H,11,13,15H2,1-3H3,(H,31,34)(H,32,36)/t17-,23?,28-/m0/s1. The molecular formula is C28H29N5O4. The van der Waals surface area contributed by atoms with Crippen LogP contribution < -0.4 is 15.4 Å². The zero-order valence-electron chi connectivity index (χ0n) is 21.0. The molecule has 1 spiro atoms. The van der Waals surface area contributed by atoms with E-state index in [-0.39, 0.29) is 30.7 Å². The second-order valence-corrected chi connectivity index (χ2v) is 10.2. The number of H-pyrrole nitrogens is 1. The monoisotopic (exact) mass is 499 g/mol. The molecule has 2 aromatic carbocycles.